The summed E-state index contributed by atoms with van der Waals surface area (Å²) in [6.45, 7) is 3.79. The summed E-state index contributed by atoms with van der Waals surface area (Å²) in [5.74, 6) is -0.318. The molecule has 1 N–H and O–H groups in total. The molecule has 4 aromatic rings. The Kier molecular flexibility index (Phi) is 4.75. The third kappa shape index (κ3) is 3.84. The number of anilines is 1. The normalized spacial score (nSPS) is 10.9. The number of benzene rings is 2. The number of rotatable bonds is 4. The molecule has 2 aromatic heterocycles. The number of hydrogen-bond donors (Lipinski definition) is 1. The summed E-state index contributed by atoms with van der Waals surface area (Å²) in [6, 6.07) is 16.5. The first kappa shape index (κ1) is 18.1. The molecule has 0 unspecified atom stereocenters. The first-order valence-corrected chi connectivity index (χ1v) is 9.62. The van der Waals surface area contributed by atoms with E-state index in [0.29, 0.717) is 11.4 Å². The van der Waals surface area contributed by atoms with Crippen LogP contribution < -0.4 is 10.9 Å². The van der Waals surface area contributed by atoms with Crippen LogP contribution in [0.2, 0.25) is 0 Å². The van der Waals surface area contributed by atoms with Gasteiger partial charge in [0.05, 0.1) is 20.9 Å². The lowest BCUT2D eigenvalue weighted by molar-refractivity contribution is -0.117. The van der Waals surface area contributed by atoms with Crippen molar-refractivity contribution >= 4 is 33.1 Å². The molecule has 0 saturated heterocycles. The maximum Gasteiger partial charge on any atom is 0.267 e. The van der Waals surface area contributed by atoms with Gasteiger partial charge in [0.1, 0.15) is 6.54 Å². The van der Waals surface area contributed by atoms with E-state index in [1.54, 1.807) is 17.4 Å². The summed E-state index contributed by atoms with van der Waals surface area (Å²) >= 11 is 1.61. The number of thiazole rings is 1. The molecule has 0 radical (unpaired) electrons. The monoisotopic (exact) mass is 390 g/mol. The van der Waals surface area contributed by atoms with Crippen LogP contribution in [0.5, 0.6) is 0 Å². The fourth-order valence-electron chi connectivity index (χ4n) is 2.90. The molecule has 0 fully saturated rings. The summed E-state index contributed by atoms with van der Waals surface area (Å²) < 4.78 is 2.25. The van der Waals surface area contributed by atoms with Crippen molar-refractivity contribution in [3.05, 3.63) is 75.5 Å². The van der Waals surface area contributed by atoms with Crippen LogP contribution in [-0.4, -0.2) is 20.7 Å². The second-order valence-electron chi connectivity index (χ2n) is 6.54. The third-order valence-electron chi connectivity index (χ3n) is 4.29. The van der Waals surface area contributed by atoms with Crippen molar-refractivity contribution in [3.63, 3.8) is 0 Å². The third-order valence-corrected chi connectivity index (χ3v) is 5.24. The number of amides is 1. The molecule has 0 bridgehead atoms. The maximum absolute atomic E-state index is 12.4. The fourth-order valence-corrected chi connectivity index (χ4v) is 3.70. The lowest BCUT2D eigenvalue weighted by atomic mass is 10.1. The van der Waals surface area contributed by atoms with Gasteiger partial charge in [-0.1, -0.05) is 29.8 Å². The van der Waals surface area contributed by atoms with Crippen molar-refractivity contribution in [2.75, 3.05) is 5.32 Å². The summed E-state index contributed by atoms with van der Waals surface area (Å²) in [7, 11) is 0. The van der Waals surface area contributed by atoms with Gasteiger partial charge in [-0.05, 0) is 38.1 Å². The van der Waals surface area contributed by atoms with E-state index in [1.165, 1.54) is 10.7 Å². The van der Waals surface area contributed by atoms with Gasteiger partial charge < -0.3 is 5.32 Å². The van der Waals surface area contributed by atoms with Crippen molar-refractivity contribution < 1.29 is 4.79 Å². The smallest absolute Gasteiger partial charge is 0.267 e. The van der Waals surface area contributed by atoms with E-state index >= 15 is 0 Å². The van der Waals surface area contributed by atoms with E-state index in [1.807, 2.05) is 56.3 Å². The molecule has 0 aliphatic rings. The van der Waals surface area contributed by atoms with E-state index in [2.05, 4.69) is 15.4 Å². The number of carbonyl (C=O) groups excluding carboxylic acids is 1. The van der Waals surface area contributed by atoms with Gasteiger partial charge >= 0.3 is 0 Å². The van der Waals surface area contributed by atoms with Crippen LogP contribution in [0.4, 0.5) is 5.69 Å². The Bertz CT molecular complexity index is 1230. The molecule has 0 aliphatic heterocycles. The number of nitrogens with one attached hydrogen (secondary N) is 1. The molecular weight excluding hydrogens is 372 g/mol. The standard InChI is InChI=1S/C21H18N4O2S/c1-13-3-5-15(6-4-13)17-8-10-21(27)25(24-17)12-20(26)23-16-7-9-19-18(11-16)22-14(2)28-19/h3-11H,12H2,1-2H3,(H,23,26). The lowest BCUT2D eigenvalue weighted by Gasteiger charge is -2.08. The van der Waals surface area contributed by atoms with E-state index in [-0.39, 0.29) is 18.0 Å². The highest BCUT2D eigenvalue weighted by Crippen LogP contribution is 2.24. The Labute approximate surface area is 165 Å². The highest BCUT2D eigenvalue weighted by Gasteiger charge is 2.10. The molecular formula is C21H18N4O2S. The van der Waals surface area contributed by atoms with E-state index in [0.717, 1.165) is 26.4 Å². The molecule has 1 amide bonds. The van der Waals surface area contributed by atoms with Crippen molar-refractivity contribution in [2.45, 2.75) is 20.4 Å². The molecule has 2 aromatic carbocycles. The second kappa shape index (κ2) is 7.36. The average molecular weight is 390 g/mol. The van der Waals surface area contributed by atoms with Gasteiger partial charge in [-0.3, -0.25) is 9.59 Å². The van der Waals surface area contributed by atoms with E-state index in [4.69, 9.17) is 0 Å². The maximum atomic E-state index is 12.4. The molecule has 0 atom stereocenters. The molecule has 0 spiro atoms. The van der Waals surface area contributed by atoms with Crippen molar-refractivity contribution in [2.24, 2.45) is 0 Å². The minimum Gasteiger partial charge on any atom is -0.324 e. The number of fused-ring (bicyclic) bond motifs is 1. The first-order valence-electron chi connectivity index (χ1n) is 8.80. The highest BCUT2D eigenvalue weighted by molar-refractivity contribution is 7.18. The Morgan fingerprint density at radius 3 is 2.64 bits per heavy atom. The Morgan fingerprint density at radius 1 is 1.07 bits per heavy atom. The zero-order valence-electron chi connectivity index (χ0n) is 15.5. The van der Waals surface area contributed by atoms with E-state index < -0.39 is 0 Å². The van der Waals surface area contributed by atoms with Crippen LogP contribution in [0.15, 0.2) is 59.4 Å². The van der Waals surface area contributed by atoms with Crippen molar-refractivity contribution in [1.82, 2.24) is 14.8 Å². The molecule has 28 heavy (non-hydrogen) atoms. The average Bonchev–Trinajstić information content (AvgIpc) is 3.03. The van der Waals surface area contributed by atoms with Crippen LogP contribution in [0.25, 0.3) is 21.5 Å². The van der Waals surface area contributed by atoms with Crippen LogP contribution in [-0.2, 0) is 11.3 Å². The van der Waals surface area contributed by atoms with Gasteiger partial charge in [0.2, 0.25) is 5.91 Å². The Balaban J connectivity index is 1.53. The summed E-state index contributed by atoms with van der Waals surface area (Å²) in [6.07, 6.45) is 0. The summed E-state index contributed by atoms with van der Waals surface area (Å²) in [4.78, 5) is 29.0. The molecule has 140 valence electrons. The Morgan fingerprint density at radius 2 is 1.86 bits per heavy atom. The first-order chi connectivity index (χ1) is 13.5. The lowest BCUT2D eigenvalue weighted by Crippen LogP contribution is -2.29. The zero-order valence-corrected chi connectivity index (χ0v) is 16.3. The largest absolute Gasteiger partial charge is 0.324 e. The number of hydrogen-bond acceptors (Lipinski definition) is 5. The summed E-state index contributed by atoms with van der Waals surface area (Å²) in [5, 5.41) is 8.13. The summed E-state index contributed by atoms with van der Waals surface area (Å²) in [5.41, 5.74) is 3.85. The predicted molar refractivity (Wildman–Crippen MR) is 112 cm³/mol. The molecule has 2 heterocycles. The minimum atomic E-state index is -0.323. The van der Waals surface area contributed by atoms with Gasteiger partial charge in [-0.15, -0.1) is 11.3 Å². The number of nitrogens with zero attached hydrogens (tertiary/aromatic N) is 3. The van der Waals surface area contributed by atoms with Crippen molar-refractivity contribution in [3.8, 4) is 11.3 Å². The quantitative estimate of drug-likeness (QED) is 0.575. The highest BCUT2D eigenvalue weighted by atomic mass is 32.1. The predicted octanol–water partition coefficient (Wildman–Crippen LogP) is 3.78. The zero-order chi connectivity index (χ0) is 19.7. The van der Waals surface area contributed by atoms with Gasteiger partial charge in [0, 0.05) is 17.3 Å². The van der Waals surface area contributed by atoms with Gasteiger partial charge in [-0.2, -0.15) is 5.10 Å². The molecule has 6 nitrogen and oxygen atoms in total. The minimum absolute atomic E-state index is 0.160. The topological polar surface area (TPSA) is 76.9 Å². The molecule has 4 rings (SSSR count). The second-order valence-corrected chi connectivity index (χ2v) is 7.78. The van der Waals surface area contributed by atoms with Crippen molar-refractivity contribution in [1.29, 1.82) is 0 Å². The number of carbonyl (C=O) groups is 1. The van der Waals surface area contributed by atoms with Gasteiger partial charge in [0.25, 0.3) is 5.56 Å². The Hall–Kier alpha value is -3.32. The van der Waals surface area contributed by atoms with Crippen LogP contribution in [0.1, 0.15) is 10.6 Å². The number of aryl methyl sites for hydroxylation is 2. The van der Waals surface area contributed by atoms with Gasteiger partial charge in [-0.25, -0.2) is 9.67 Å². The fraction of sp³-hybridized carbons (Fsp3) is 0.143. The van der Waals surface area contributed by atoms with E-state index in [9.17, 15) is 9.59 Å². The van der Waals surface area contributed by atoms with Gasteiger partial charge in [0.15, 0.2) is 0 Å². The molecule has 0 saturated carbocycles. The number of aromatic nitrogens is 3. The molecule has 7 heteroatoms. The SMILES string of the molecule is Cc1ccc(-c2ccc(=O)n(CC(=O)Nc3ccc4sc(C)nc4c3)n2)cc1. The molecule has 0 aliphatic carbocycles. The van der Waals surface area contributed by atoms with Crippen LogP contribution in [0.3, 0.4) is 0 Å². The van der Waals surface area contributed by atoms with Crippen LogP contribution in [0, 0.1) is 13.8 Å². The van der Waals surface area contributed by atoms with Crippen LogP contribution >= 0.6 is 11.3 Å².